The van der Waals surface area contributed by atoms with Crippen LogP contribution in [0, 0.1) is 6.92 Å². The number of methoxy groups -OCH3 is 1. The molecular weight excluding hydrogens is 276 g/mol. The molecule has 112 valence electrons. The molecule has 0 bridgehead atoms. The topological polar surface area (TPSA) is 41.6 Å². The number of rotatable bonds is 7. The molecule has 0 aliphatic rings. The Morgan fingerprint density at radius 2 is 2.00 bits per heavy atom. The van der Waals surface area contributed by atoms with E-state index in [0.29, 0.717) is 22.9 Å². The number of amides is 1. The third kappa shape index (κ3) is 4.69. The van der Waals surface area contributed by atoms with Crippen molar-refractivity contribution in [2.75, 3.05) is 32.1 Å². The minimum atomic E-state index is -0.0167. The molecule has 1 aromatic rings. The second-order valence-electron chi connectivity index (χ2n) is 4.63. The van der Waals surface area contributed by atoms with E-state index < -0.39 is 0 Å². The zero-order valence-electron chi connectivity index (χ0n) is 12.6. The Morgan fingerprint density at radius 1 is 1.35 bits per heavy atom. The second kappa shape index (κ2) is 8.12. The Morgan fingerprint density at radius 3 is 2.55 bits per heavy atom. The van der Waals surface area contributed by atoms with Crippen LogP contribution in [0.15, 0.2) is 12.1 Å². The fourth-order valence-corrected chi connectivity index (χ4v) is 2.10. The summed E-state index contributed by atoms with van der Waals surface area (Å²) in [7, 11) is 1.56. The Hall–Kier alpha value is -1.26. The third-order valence-electron chi connectivity index (χ3n) is 3.30. The fourth-order valence-electron chi connectivity index (χ4n) is 1.94. The third-order valence-corrected chi connectivity index (χ3v) is 3.71. The molecule has 0 radical (unpaired) electrons. The van der Waals surface area contributed by atoms with Crippen molar-refractivity contribution in [3.63, 3.8) is 0 Å². The molecule has 0 spiro atoms. The van der Waals surface area contributed by atoms with Gasteiger partial charge in [0, 0.05) is 24.1 Å². The second-order valence-corrected chi connectivity index (χ2v) is 5.03. The van der Waals surface area contributed by atoms with Crippen LogP contribution in [-0.2, 0) is 4.79 Å². The molecule has 0 unspecified atom stereocenters. The summed E-state index contributed by atoms with van der Waals surface area (Å²) in [4.78, 5) is 14.2. The average Bonchev–Trinajstić information content (AvgIpc) is 2.43. The van der Waals surface area contributed by atoms with Crippen molar-refractivity contribution in [3.05, 3.63) is 22.7 Å². The molecule has 5 heteroatoms. The summed E-state index contributed by atoms with van der Waals surface area (Å²) in [5.74, 6) is 0.564. The van der Waals surface area contributed by atoms with Gasteiger partial charge >= 0.3 is 0 Å². The largest absolute Gasteiger partial charge is 0.495 e. The minimum absolute atomic E-state index is 0.0167. The normalized spacial score (nSPS) is 10.7. The maximum Gasteiger partial charge on any atom is 0.225 e. The van der Waals surface area contributed by atoms with Gasteiger partial charge in [0.1, 0.15) is 5.75 Å². The number of nitrogens with one attached hydrogen (secondary N) is 1. The van der Waals surface area contributed by atoms with Gasteiger partial charge in [0.2, 0.25) is 5.91 Å². The van der Waals surface area contributed by atoms with E-state index >= 15 is 0 Å². The van der Waals surface area contributed by atoms with Crippen molar-refractivity contribution < 1.29 is 9.53 Å². The molecule has 0 atom stereocenters. The molecule has 1 amide bonds. The fraction of sp³-hybridized carbons (Fsp3) is 0.533. The van der Waals surface area contributed by atoms with Crippen LogP contribution in [-0.4, -0.2) is 37.6 Å². The molecular formula is C15H23ClN2O2. The van der Waals surface area contributed by atoms with Crippen LogP contribution >= 0.6 is 11.6 Å². The monoisotopic (exact) mass is 298 g/mol. The first-order valence-corrected chi connectivity index (χ1v) is 7.25. The molecule has 0 aliphatic carbocycles. The highest BCUT2D eigenvalue weighted by Gasteiger charge is 2.11. The van der Waals surface area contributed by atoms with Crippen LogP contribution in [0.1, 0.15) is 25.8 Å². The van der Waals surface area contributed by atoms with Gasteiger partial charge < -0.3 is 15.0 Å². The highest BCUT2D eigenvalue weighted by atomic mass is 35.5. The molecule has 1 aromatic carbocycles. The van der Waals surface area contributed by atoms with Gasteiger partial charge in [-0.25, -0.2) is 0 Å². The first kappa shape index (κ1) is 16.8. The highest BCUT2D eigenvalue weighted by molar-refractivity contribution is 6.31. The number of halogens is 1. The molecule has 1 rings (SSSR count). The quantitative estimate of drug-likeness (QED) is 0.839. The number of aryl methyl sites for hydroxylation is 1. The number of carbonyl (C=O) groups is 1. The van der Waals surface area contributed by atoms with Crippen molar-refractivity contribution in [2.45, 2.75) is 27.2 Å². The lowest BCUT2D eigenvalue weighted by Crippen LogP contribution is -2.27. The Labute approximate surface area is 126 Å². The van der Waals surface area contributed by atoms with Crippen LogP contribution in [0.4, 0.5) is 5.69 Å². The van der Waals surface area contributed by atoms with E-state index in [9.17, 15) is 4.79 Å². The first-order valence-electron chi connectivity index (χ1n) is 6.88. The molecule has 0 aromatic heterocycles. The van der Waals surface area contributed by atoms with Crippen LogP contribution in [0.25, 0.3) is 0 Å². The van der Waals surface area contributed by atoms with Crippen molar-refractivity contribution in [1.82, 2.24) is 4.90 Å². The standard InChI is InChI=1S/C15H23ClN2O2/c1-5-18(6-2)8-7-15(19)17-13-9-11(3)12(16)10-14(13)20-4/h9-10H,5-8H2,1-4H3,(H,17,19). The molecule has 4 nitrogen and oxygen atoms in total. The zero-order chi connectivity index (χ0) is 15.1. The lowest BCUT2D eigenvalue weighted by Gasteiger charge is -2.18. The van der Waals surface area contributed by atoms with Crippen LogP contribution < -0.4 is 10.1 Å². The summed E-state index contributed by atoms with van der Waals surface area (Å²) in [5, 5.41) is 3.51. The number of carbonyl (C=O) groups excluding carboxylic acids is 1. The van der Waals surface area contributed by atoms with Gasteiger partial charge in [-0.2, -0.15) is 0 Å². The van der Waals surface area contributed by atoms with Gasteiger partial charge in [0.25, 0.3) is 0 Å². The van der Waals surface area contributed by atoms with Crippen LogP contribution in [0.3, 0.4) is 0 Å². The average molecular weight is 299 g/mol. The first-order chi connectivity index (χ1) is 9.51. The van der Waals surface area contributed by atoms with Crippen molar-refractivity contribution in [3.8, 4) is 5.75 Å². The summed E-state index contributed by atoms with van der Waals surface area (Å²) in [5.41, 5.74) is 1.57. The van der Waals surface area contributed by atoms with Gasteiger partial charge in [-0.3, -0.25) is 4.79 Å². The molecule has 0 aliphatic heterocycles. The van der Waals surface area contributed by atoms with Gasteiger partial charge in [0.15, 0.2) is 0 Å². The highest BCUT2D eigenvalue weighted by Crippen LogP contribution is 2.30. The number of hydrogen-bond acceptors (Lipinski definition) is 3. The van der Waals surface area contributed by atoms with E-state index in [-0.39, 0.29) is 5.91 Å². The van der Waals surface area contributed by atoms with Crippen molar-refractivity contribution >= 4 is 23.2 Å². The van der Waals surface area contributed by atoms with Gasteiger partial charge in [-0.1, -0.05) is 25.4 Å². The lowest BCUT2D eigenvalue weighted by molar-refractivity contribution is -0.116. The zero-order valence-corrected chi connectivity index (χ0v) is 13.4. The van der Waals surface area contributed by atoms with Crippen molar-refractivity contribution in [1.29, 1.82) is 0 Å². The number of nitrogens with zero attached hydrogens (tertiary/aromatic N) is 1. The van der Waals surface area contributed by atoms with Crippen molar-refractivity contribution in [2.24, 2.45) is 0 Å². The molecule has 1 N–H and O–H groups in total. The smallest absolute Gasteiger partial charge is 0.225 e. The molecule has 0 saturated heterocycles. The summed E-state index contributed by atoms with van der Waals surface area (Å²) >= 11 is 6.04. The summed E-state index contributed by atoms with van der Waals surface area (Å²) in [6, 6.07) is 3.55. The Kier molecular flexibility index (Phi) is 6.82. The molecule has 0 heterocycles. The Bertz CT molecular complexity index is 459. The van der Waals surface area contributed by atoms with Crippen LogP contribution in [0.2, 0.25) is 5.02 Å². The SMILES string of the molecule is CCN(CC)CCC(=O)Nc1cc(C)c(Cl)cc1OC. The van der Waals surface area contributed by atoms with Gasteiger partial charge in [-0.05, 0) is 31.6 Å². The van der Waals surface area contributed by atoms with E-state index in [2.05, 4.69) is 24.1 Å². The Balaban J connectivity index is 2.68. The van der Waals surface area contributed by atoms with Gasteiger partial charge in [0.05, 0.1) is 12.8 Å². The number of anilines is 1. The maximum atomic E-state index is 12.0. The lowest BCUT2D eigenvalue weighted by atomic mass is 10.2. The summed E-state index contributed by atoms with van der Waals surface area (Å²) < 4.78 is 5.24. The molecule has 20 heavy (non-hydrogen) atoms. The minimum Gasteiger partial charge on any atom is -0.495 e. The van der Waals surface area contributed by atoms with Crippen LogP contribution in [0.5, 0.6) is 5.75 Å². The van der Waals surface area contributed by atoms with E-state index in [1.807, 2.05) is 13.0 Å². The molecule has 0 fully saturated rings. The van der Waals surface area contributed by atoms with E-state index in [1.165, 1.54) is 0 Å². The molecule has 0 saturated carbocycles. The van der Waals surface area contributed by atoms with E-state index in [1.54, 1.807) is 13.2 Å². The number of hydrogen-bond donors (Lipinski definition) is 1. The summed E-state index contributed by atoms with van der Waals surface area (Å²) in [6.45, 7) is 8.74. The maximum absolute atomic E-state index is 12.0. The number of ether oxygens (including phenoxy) is 1. The van der Waals surface area contributed by atoms with E-state index in [0.717, 1.165) is 25.2 Å². The number of benzene rings is 1. The predicted octanol–water partition coefficient (Wildman–Crippen LogP) is 3.33. The van der Waals surface area contributed by atoms with Gasteiger partial charge in [-0.15, -0.1) is 0 Å². The van der Waals surface area contributed by atoms with E-state index in [4.69, 9.17) is 16.3 Å². The predicted molar refractivity (Wildman–Crippen MR) is 83.8 cm³/mol. The summed E-state index contributed by atoms with van der Waals surface area (Å²) in [6.07, 6.45) is 0.465.